The number of hydrogen-bond donors (Lipinski definition) is 2. The van der Waals surface area contributed by atoms with Crippen LogP contribution in [-0.2, 0) is 7.05 Å². The van der Waals surface area contributed by atoms with Gasteiger partial charge in [0.15, 0.2) is 0 Å². The number of piperidine rings is 1. The molecule has 1 amide bonds. The van der Waals surface area contributed by atoms with E-state index in [2.05, 4.69) is 15.3 Å². The van der Waals surface area contributed by atoms with E-state index >= 15 is 0 Å². The first-order chi connectivity index (χ1) is 11.9. The van der Waals surface area contributed by atoms with Crippen molar-refractivity contribution in [2.75, 3.05) is 6.54 Å². The third kappa shape index (κ3) is 3.46. The average Bonchev–Trinajstić information content (AvgIpc) is 3.12. The molecule has 2 atom stereocenters. The number of amides is 1. The van der Waals surface area contributed by atoms with Crippen LogP contribution in [0.1, 0.15) is 54.5 Å². The Hall–Kier alpha value is -2.15. The zero-order valence-electron chi connectivity index (χ0n) is 15.4. The molecule has 3 heterocycles. The van der Waals surface area contributed by atoms with E-state index in [1.54, 1.807) is 6.92 Å². The molecule has 0 radical (unpaired) electrons. The minimum Gasteiger partial charge on any atom is -0.393 e. The van der Waals surface area contributed by atoms with E-state index in [-0.39, 0.29) is 11.9 Å². The number of aliphatic hydroxyl groups is 1. The first-order valence-electron chi connectivity index (χ1n) is 8.93. The molecule has 2 aromatic rings. The number of aromatic amines is 1. The number of H-pyrrole nitrogens is 1. The van der Waals surface area contributed by atoms with Gasteiger partial charge in [-0.2, -0.15) is 10.2 Å². The Balaban J connectivity index is 1.84. The van der Waals surface area contributed by atoms with E-state index in [4.69, 9.17) is 0 Å². The van der Waals surface area contributed by atoms with Crippen LogP contribution in [-0.4, -0.2) is 54.6 Å². The molecule has 0 aliphatic carbocycles. The minimum absolute atomic E-state index is 0.0386. The molecule has 1 aliphatic rings. The first-order valence-corrected chi connectivity index (χ1v) is 8.93. The fraction of sp³-hybridized carbons (Fsp3) is 0.611. The molecule has 7 heteroatoms. The van der Waals surface area contributed by atoms with Crippen LogP contribution in [0.5, 0.6) is 0 Å². The summed E-state index contributed by atoms with van der Waals surface area (Å²) >= 11 is 0. The summed E-state index contributed by atoms with van der Waals surface area (Å²) < 4.78 is 1.82. The highest BCUT2D eigenvalue weighted by Gasteiger charge is 2.29. The van der Waals surface area contributed by atoms with E-state index in [0.717, 1.165) is 48.5 Å². The van der Waals surface area contributed by atoms with Crippen molar-refractivity contribution >= 4 is 5.91 Å². The van der Waals surface area contributed by atoms with Crippen molar-refractivity contribution in [3.05, 3.63) is 23.1 Å². The zero-order valence-corrected chi connectivity index (χ0v) is 15.4. The molecule has 1 saturated heterocycles. The van der Waals surface area contributed by atoms with Crippen molar-refractivity contribution in [1.29, 1.82) is 0 Å². The summed E-state index contributed by atoms with van der Waals surface area (Å²) in [5.74, 6) is -0.0386. The van der Waals surface area contributed by atoms with Crippen LogP contribution in [0.25, 0.3) is 11.3 Å². The molecule has 0 spiro atoms. The molecule has 1 aliphatic heterocycles. The molecule has 0 bridgehead atoms. The maximum atomic E-state index is 13.0. The van der Waals surface area contributed by atoms with Gasteiger partial charge in [0.05, 0.1) is 17.5 Å². The lowest BCUT2D eigenvalue weighted by Gasteiger charge is -2.36. The van der Waals surface area contributed by atoms with Crippen molar-refractivity contribution in [1.82, 2.24) is 24.9 Å². The predicted molar refractivity (Wildman–Crippen MR) is 95.2 cm³/mol. The number of nitrogens with one attached hydrogen (secondary N) is 1. The highest BCUT2D eigenvalue weighted by atomic mass is 16.3. The third-order valence-corrected chi connectivity index (χ3v) is 5.07. The molecule has 3 rings (SSSR count). The number of carbonyl (C=O) groups is 1. The Morgan fingerprint density at radius 1 is 1.44 bits per heavy atom. The molecule has 0 aromatic carbocycles. The summed E-state index contributed by atoms with van der Waals surface area (Å²) in [4.78, 5) is 14.8. The Morgan fingerprint density at radius 3 is 2.84 bits per heavy atom. The van der Waals surface area contributed by atoms with E-state index in [9.17, 15) is 9.90 Å². The lowest BCUT2D eigenvalue weighted by atomic mass is 9.97. The van der Waals surface area contributed by atoms with Gasteiger partial charge >= 0.3 is 0 Å². The fourth-order valence-electron chi connectivity index (χ4n) is 3.77. The Bertz CT molecular complexity index is 762. The van der Waals surface area contributed by atoms with Crippen molar-refractivity contribution in [3.63, 3.8) is 0 Å². The monoisotopic (exact) mass is 345 g/mol. The van der Waals surface area contributed by atoms with Gasteiger partial charge in [-0.15, -0.1) is 0 Å². The smallest absolute Gasteiger partial charge is 0.272 e. The molecule has 1 fully saturated rings. The first kappa shape index (κ1) is 17.7. The largest absolute Gasteiger partial charge is 0.393 e. The van der Waals surface area contributed by atoms with Gasteiger partial charge in [-0.25, -0.2) is 0 Å². The fourth-order valence-corrected chi connectivity index (χ4v) is 3.77. The molecule has 2 N–H and O–H groups in total. The molecule has 2 aromatic heterocycles. The number of carbonyl (C=O) groups excluding carboxylic acids is 1. The number of hydrogen-bond acceptors (Lipinski definition) is 4. The van der Waals surface area contributed by atoms with Gasteiger partial charge < -0.3 is 10.0 Å². The Kier molecular flexibility index (Phi) is 4.94. The summed E-state index contributed by atoms with van der Waals surface area (Å²) in [6.45, 7) is 6.45. The third-order valence-electron chi connectivity index (χ3n) is 5.07. The van der Waals surface area contributed by atoms with Crippen LogP contribution in [0.3, 0.4) is 0 Å². The van der Waals surface area contributed by atoms with E-state index in [1.807, 2.05) is 36.5 Å². The molecular formula is C18H27N5O2. The lowest BCUT2D eigenvalue weighted by Crippen LogP contribution is -2.45. The second-order valence-electron chi connectivity index (χ2n) is 7.07. The molecule has 25 heavy (non-hydrogen) atoms. The maximum Gasteiger partial charge on any atom is 0.272 e. The second-order valence-corrected chi connectivity index (χ2v) is 7.07. The van der Waals surface area contributed by atoms with E-state index < -0.39 is 6.10 Å². The summed E-state index contributed by atoms with van der Waals surface area (Å²) in [7, 11) is 1.90. The Labute approximate surface area is 148 Å². The van der Waals surface area contributed by atoms with Crippen LogP contribution in [0, 0.1) is 13.8 Å². The van der Waals surface area contributed by atoms with Crippen LogP contribution < -0.4 is 0 Å². The SMILES string of the molecule is Cc1nn(C)c(C)c1-c1cc(C(=O)N2CCCCC2CC(C)O)[nH]n1. The van der Waals surface area contributed by atoms with Gasteiger partial charge in [-0.1, -0.05) is 0 Å². The van der Waals surface area contributed by atoms with Gasteiger partial charge in [0.1, 0.15) is 5.69 Å². The summed E-state index contributed by atoms with van der Waals surface area (Å²) in [6.07, 6.45) is 3.26. The van der Waals surface area contributed by atoms with Gasteiger partial charge in [-0.3, -0.25) is 14.6 Å². The van der Waals surface area contributed by atoms with Crippen LogP contribution in [0.4, 0.5) is 0 Å². The van der Waals surface area contributed by atoms with Crippen molar-refractivity contribution < 1.29 is 9.90 Å². The highest BCUT2D eigenvalue weighted by molar-refractivity contribution is 5.93. The van der Waals surface area contributed by atoms with Crippen molar-refractivity contribution in [2.45, 2.75) is 58.6 Å². The average molecular weight is 345 g/mol. The molecule has 2 unspecified atom stereocenters. The predicted octanol–water partition coefficient (Wildman–Crippen LogP) is 2.19. The summed E-state index contributed by atoms with van der Waals surface area (Å²) in [5, 5.41) is 21.4. The van der Waals surface area contributed by atoms with Gasteiger partial charge in [0.2, 0.25) is 0 Å². The quantitative estimate of drug-likeness (QED) is 0.889. The van der Waals surface area contributed by atoms with Crippen molar-refractivity contribution in [2.24, 2.45) is 7.05 Å². The van der Waals surface area contributed by atoms with Gasteiger partial charge in [-0.05, 0) is 52.5 Å². The zero-order chi connectivity index (χ0) is 18.1. The van der Waals surface area contributed by atoms with Crippen LogP contribution in [0.2, 0.25) is 0 Å². The normalized spacial score (nSPS) is 19.2. The highest BCUT2D eigenvalue weighted by Crippen LogP contribution is 2.27. The standard InChI is InChI=1S/C18H27N5O2/c1-11(24)9-14-7-5-6-8-23(14)18(25)16-10-15(19-20-16)17-12(2)21-22(4)13(17)3/h10-11,14,24H,5-9H2,1-4H3,(H,19,20). The number of aromatic nitrogens is 4. The van der Waals surface area contributed by atoms with Crippen molar-refractivity contribution in [3.8, 4) is 11.3 Å². The van der Waals surface area contributed by atoms with E-state index in [1.165, 1.54) is 0 Å². The van der Waals surface area contributed by atoms with Gasteiger partial charge in [0, 0.05) is 30.9 Å². The molecule has 0 saturated carbocycles. The molecular weight excluding hydrogens is 318 g/mol. The van der Waals surface area contributed by atoms with Gasteiger partial charge in [0.25, 0.3) is 5.91 Å². The number of rotatable bonds is 4. The Morgan fingerprint density at radius 2 is 2.20 bits per heavy atom. The number of likely N-dealkylation sites (tertiary alicyclic amines) is 1. The lowest BCUT2D eigenvalue weighted by molar-refractivity contribution is 0.0509. The van der Waals surface area contributed by atoms with Crippen LogP contribution >= 0.6 is 0 Å². The topological polar surface area (TPSA) is 87.0 Å². The minimum atomic E-state index is -0.406. The maximum absolute atomic E-state index is 13.0. The molecule has 7 nitrogen and oxygen atoms in total. The van der Waals surface area contributed by atoms with E-state index in [0.29, 0.717) is 12.1 Å². The number of aryl methyl sites for hydroxylation is 2. The molecule has 136 valence electrons. The number of nitrogens with zero attached hydrogens (tertiary/aromatic N) is 4. The summed E-state index contributed by atoms with van der Waals surface area (Å²) in [6, 6.07) is 1.91. The number of aliphatic hydroxyl groups excluding tert-OH is 1. The summed E-state index contributed by atoms with van der Waals surface area (Å²) in [5.41, 5.74) is 4.13. The van der Waals surface area contributed by atoms with Crippen LogP contribution in [0.15, 0.2) is 6.07 Å². The second kappa shape index (κ2) is 7.00.